The minimum atomic E-state index is -0.478. The summed E-state index contributed by atoms with van der Waals surface area (Å²) in [5.74, 6) is -0.181. The first-order chi connectivity index (χ1) is 7.15. The second-order valence-corrected chi connectivity index (χ2v) is 2.92. The topological polar surface area (TPSA) is 52.6 Å². The number of para-hydroxylation sites is 1. The van der Waals surface area contributed by atoms with Gasteiger partial charge in [0.1, 0.15) is 5.75 Å². The molecule has 1 rings (SSSR count). The molecule has 15 heavy (non-hydrogen) atoms. The molecule has 0 spiro atoms. The van der Waals surface area contributed by atoms with E-state index in [2.05, 4.69) is 4.74 Å². The van der Waals surface area contributed by atoms with E-state index in [1.165, 1.54) is 14.0 Å². The Morgan fingerprint density at radius 1 is 1.27 bits per heavy atom. The normalized spacial score (nSPS) is 9.47. The Bertz CT molecular complexity index is 371. The Labute approximate surface area is 87.8 Å². The van der Waals surface area contributed by atoms with Crippen LogP contribution in [-0.2, 0) is 9.53 Å². The van der Waals surface area contributed by atoms with Crippen LogP contribution in [0.2, 0.25) is 0 Å². The number of hydrogen-bond donors (Lipinski definition) is 0. The summed E-state index contributed by atoms with van der Waals surface area (Å²) in [4.78, 5) is 22.0. The smallest absolute Gasteiger partial charge is 0.343 e. The van der Waals surface area contributed by atoms with Crippen molar-refractivity contribution in [1.82, 2.24) is 0 Å². The van der Waals surface area contributed by atoms with Gasteiger partial charge in [-0.2, -0.15) is 0 Å². The molecule has 1 aromatic rings. The van der Waals surface area contributed by atoms with Crippen LogP contribution in [0.25, 0.3) is 0 Å². The predicted octanol–water partition coefficient (Wildman–Crippen LogP) is 1.44. The van der Waals surface area contributed by atoms with Gasteiger partial charge in [0.05, 0.1) is 12.7 Å². The number of carbonyl (C=O) groups excluding carboxylic acids is 2. The average Bonchev–Trinajstić information content (AvgIpc) is 2.26. The molecule has 0 saturated heterocycles. The Balaban J connectivity index is 2.76. The number of ketones is 1. The SMILES string of the molecule is COC(=O)COc1ccccc1C(C)=O. The van der Waals surface area contributed by atoms with E-state index in [9.17, 15) is 9.59 Å². The van der Waals surface area contributed by atoms with Gasteiger partial charge in [0.15, 0.2) is 12.4 Å². The molecule has 0 amide bonds. The van der Waals surface area contributed by atoms with Gasteiger partial charge in [-0.3, -0.25) is 4.79 Å². The van der Waals surface area contributed by atoms with Gasteiger partial charge in [0.2, 0.25) is 0 Å². The zero-order chi connectivity index (χ0) is 11.3. The van der Waals surface area contributed by atoms with E-state index in [0.717, 1.165) is 0 Å². The Hall–Kier alpha value is -1.84. The quantitative estimate of drug-likeness (QED) is 0.555. The fourth-order valence-corrected chi connectivity index (χ4v) is 1.08. The van der Waals surface area contributed by atoms with Gasteiger partial charge in [-0.15, -0.1) is 0 Å². The lowest BCUT2D eigenvalue weighted by Crippen LogP contribution is -2.13. The molecule has 0 aromatic heterocycles. The third-order valence-corrected chi connectivity index (χ3v) is 1.84. The summed E-state index contributed by atoms with van der Waals surface area (Å²) in [6.07, 6.45) is 0. The first-order valence-corrected chi connectivity index (χ1v) is 4.44. The van der Waals surface area contributed by atoms with Crippen LogP contribution in [-0.4, -0.2) is 25.5 Å². The number of methoxy groups -OCH3 is 1. The first-order valence-electron chi connectivity index (χ1n) is 4.44. The summed E-state index contributed by atoms with van der Waals surface area (Å²) < 4.78 is 9.58. The third kappa shape index (κ3) is 3.09. The van der Waals surface area contributed by atoms with Crippen LogP contribution >= 0.6 is 0 Å². The Morgan fingerprint density at radius 2 is 1.93 bits per heavy atom. The molecule has 80 valence electrons. The molecule has 0 unspecified atom stereocenters. The third-order valence-electron chi connectivity index (χ3n) is 1.84. The summed E-state index contributed by atoms with van der Waals surface area (Å²) in [6.45, 7) is 1.25. The van der Waals surface area contributed by atoms with Crippen molar-refractivity contribution in [2.75, 3.05) is 13.7 Å². The summed E-state index contributed by atoms with van der Waals surface area (Å²) in [6, 6.07) is 6.76. The lowest BCUT2D eigenvalue weighted by Gasteiger charge is -2.07. The fourth-order valence-electron chi connectivity index (χ4n) is 1.08. The molecule has 1 aromatic carbocycles. The van der Waals surface area contributed by atoms with E-state index >= 15 is 0 Å². The summed E-state index contributed by atoms with van der Waals surface area (Å²) in [5, 5.41) is 0. The molecule has 0 bridgehead atoms. The van der Waals surface area contributed by atoms with Crippen molar-refractivity contribution in [3.8, 4) is 5.75 Å². The lowest BCUT2D eigenvalue weighted by atomic mass is 10.1. The van der Waals surface area contributed by atoms with E-state index in [-0.39, 0.29) is 12.4 Å². The Kier molecular flexibility index (Phi) is 3.85. The largest absolute Gasteiger partial charge is 0.481 e. The molecule has 0 N–H and O–H groups in total. The number of benzene rings is 1. The van der Waals surface area contributed by atoms with Crippen molar-refractivity contribution in [3.63, 3.8) is 0 Å². The zero-order valence-electron chi connectivity index (χ0n) is 8.65. The van der Waals surface area contributed by atoms with Crippen molar-refractivity contribution in [1.29, 1.82) is 0 Å². The van der Waals surface area contributed by atoms with Crippen molar-refractivity contribution in [2.45, 2.75) is 6.92 Å². The van der Waals surface area contributed by atoms with Crippen molar-refractivity contribution < 1.29 is 19.1 Å². The van der Waals surface area contributed by atoms with Crippen molar-refractivity contribution in [3.05, 3.63) is 29.8 Å². The van der Waals surface area contributed by atoms with Crippen molar-refractivity contribution >= 4 is 11.8 Å². The monoisotopic (exact) mass is 208 g/mol. The molecule has 0 fully saturated rings. The maximum absolute atomic E-state index is 11.2. The standard InChI is InChI=1S/C11H12O4/c1-8(12)9-5-3-4-6-10(9)15-7-11(13)14-2/h3-6H,7H2,1-2H3. The second kappa shape index (κ2) is 5.14. The van der Waals surface area contributed by atoms with E-state index in [4.69, 9.17) is 4.74 Å². The van der Waals surface area contributed by atoms with E-state index in [1.807, 2.05) is 0 Å². The Morgan fingerprint density at radius 3 is 2.53 bits per heavy atom. The molecule has 4 heteroatoms. The molecular formula is C11H12O4. The number of esters is 1. The van der Waals surface area contributed by atoms with Crippen molar-refractivity contribution in [2.24, 2.45) is 0 Å². The number of ether oxygens (including phenoxy) is 2. The number of rotatable bonds is 4. The molecule has 4 nitrogen and oxygen atoms in total. The zero-order valence-corrected chi connectivity index (χ0v) is 8.65. The molecule has 0 aliphatic rings. The molecule has 0 heterocycles. The number of carbonyl (C=O) groups is 2. The second-order valence-electron chi connectivity index (χ2n) is 2.92. The van der Waals surface area contributed by atoms with Gasteiger partial charge in [0.25, 0.3) is 0 Å². The van der Waals surface area contributed by atoms with Gasteiger partial charge < -0.3 is 9.47 Å². The highest BCUT2D eigenvalue weighted by Gasteiger charge is 2.09. The van der Waals surface area contributed by atoms with E-state index in [0.29, 0.717) is 11.3 Å². The van der Waals surface area contributed by atoms with Gasteiger partial charge in [-0.25, -0.2) is 4.79 Å². The van der Waals surface area contributed by atoms with Crippen LogP contribution in [0.3, 0.4) is 0 Å². The number of hydrogen-bond acceptors (Lipinski definition) is 4. The minimum Gasteiger partial charge on any atom is -0.481 e. The molecule has 0 atom stereocenters. The summed E-state index contributed by atoms with van der Waals surface area (Å²) >= 11 is 0. The lowest BCUT2D eigenvalue weighted by molar-refractivity contribution is -0.142. The van der Waals surface area contributed by atoms with Crippen LogP contribution < -0.4 is 4.74 Å². The predicted molar refractivity (Wildman–Crippen MR) is 54.0 cm³/mol. The average molecular weight is 208 g/mol. The van der Waals surface area contributed by atoms with Gasteiger partial charge in [-0.05, 0) is 19.1 Å². The van der Waals surface area contributed by atoms with Crippen LogP contribution in [0.1, 0.15) is 17.3 Å². The molecule has 0 aliphatic heterocycles. The maximum atomic E-state index is 11.2. The number of Topliss-reactive ketones (excluding diaryl/α,β-unsaturated/α-hetero) is 1. The summed E-state index contributed by atoms with van der Waals surface area (Å²) in [7, 11) is 1.28. The first kappa shape index (κ1) is 11.2. The van der Waals surface area contributed by atoms with Gasteiger partial charge in [0, 0.05) is 0 Å². The molecule has 0 saturated carbocycles. The molecule has 0 aliphatic carbocycles. The highest BCUT2D eigenvalue weighted by atomic mass is 16.6. The molecular weight excluding hydrogens is 196 g/mol. The highest BCUT2D eigenvalue weighted by molar-refractivity contribution is 5.96. The van der Waals surface area contributed by atoms with Gasteiger partial charge in [-0.1, -0.05) is 12.1 Å². The van der Waals surface area contributed by atoms with E-state index < -0.39 is 5.97 Å². The highest BCUT2D eigenvalue weighted by Crippen LogP contribution is 2.18. The van der Waals surface area contributed by atoms with Crippen LogP contribution in [0.5, 0.6) is 5.75 Å². The van der Waals surface area contributed by atoms with Crippen LogP contribution in [0.15, 0.2) is 24.3 Å². The maximum Gasteiger partial charge on any atom is 0.343 e. The van der Waals surface area contributed by atoms with Gasteiger partial charge >= 0.3 is 5.97 Å². The minimum absolute atomic E-state index is 0.101. The van der Waals surface area contributed by atoms with E-state index in [1.54, 1.807) is 24.3 Å². The van der Waals surface area contributed by atoms with Crippen LogP contribution in [0.4, 0.5) is 0 Å². The fraction of sp³-hybridized carbons (Fsp3) is 0.273. The molecule has 0 radical (unpaired) electrons. The summed E-state index contributed by atoms with van der Waals surface area (Å²) in [5.41, 5.74) is 0.460. The van der Waals surface area contributed by atoms with Crippen LogP contribution in [0, 0.1) is 0 Å².